The highest BCUT2D eigenvalue weighted by atomic mass is 16.3. The van der Waals surface area contributed by atoms with Gasteiger partial charge in [-0.15, -0.1) is 0 Å². The van der Waals surface area contributed by atoms with Gasteiger partial charge in [-0.25, -0.2) is 0 Å². The molecule has 3 rings (SSSR count). The molecule has 1 heterocycles. The number of carbonyl (C=O) groups excluding carboxylic acids is 1. The molecule has 1 aromatic rings. The largest absolute Gasteiger partial charge is 0.391 e. The van der Waals surface area contributed by atoms with E-state index in [1.807, 2.05) is 26.0 Å². The van der Waals surface area contributed by atoms with Gasteiger partial charge in [-0.2, -0.15) is 0 Å². The predicted octanol–water partition coefficient (Wildman–Crippen LogP) is 0.564. The summed E-state index contributed by atoms with van der Waals surface area (Å²) in [5.74, 6) is 0.126. The molecule has 4 N–H and O–H groups in total. The van der Waals surface area contributed by atoms with Crippen LogP contribution in [0.4, 0.5) is 0 Å². The third-order valence-electron chi connectivity index (χ3n) is 4.81. The van der Waals surface area contributed by atoms with Gasteiger partial charge >= 0.3 is 0 Å². The van der Waals surface area contributed by atoms with Crippen LogP contribution in [0.25, 0.3) is 0 Å². The van der Waals surface area contributed by atoms with Gasteiger partial charge in [-0.3, -0.25) is 4.79 Å². The number of piperidine rings is 1. The Morgan fingerprint density at radius 3 is 2.55 bits per heavy atom. The maximum Gasteiger partial charge on any atom is 0.237 e. The molecule has 5 heteroatoms. The first kappa shape index (κ1) is 15.5. The van der Waals surface area contributed by atoms with Crippen LogP contribution in [0.2, 0.25) is 0 Å². The summed E-state index contributed by atoms with van der Waals surface area (Å²) in [5.41, 5.74) is 3.03. The number of carbonyl (C=O) groups is 1. The van der Waals surface area contributed by atoms with E-state index in [4.69, 9.17) is 0 Å². The number of nitrogens with one attached hydrogen (secondary N) is 2. The summed E-state index contributed by atoms with van der Waals surface area (Å²) in [7, 11) is 0. The first-order valence-corrected chi connectivity index (χ1v) is 7.92. The van der Waals surface area contributed by atoms with Crippen molar-refractivity contribution in [3.63, 3.8) is 0 Å². The number of hydrogen-bond donors (Lipinski definition) is 4. The smallest absolute Gasteiger partial charge is 0.237 e. The summed E-state index contributed by atoms with van der Waals surface area (Å²) in [6, 6.07) is 5.75. The van der Waals surface area contributed by atoms with Gasteiger partial charge in [0.05, 0.1) is 18.2 Å². The molecule has 1 saturated heterocycles. The number of fused-ring (bicyclic) bond motifs is 2. The lowest BCUT2D eigenvalue weighted by atomic mass is 9.98. The molecule has 2 aliphatic rings. The summed E-state index contributed by atoms with van der Waals surface area (Å²) >= 11 is 0. The number of benzene rings is 1. The highest BCUT2D eigenvalue weighted by Gasteiger charge is 2.47. The molecule has 1 aliphatic carbocycles. The van der Waals surface area contributed by atoms with Gasteiger partial charge < -0.3 is 20.8 Å². The van der Waals surface area contributed by atoms with Gasteiger partial charge in [0.1, 0.15) is 0 Å². The molecule has 1 aliphatic heterocycles. The normalized spacial score (nSPS) is 31.3. The molecular weight excluding hydrogens is 280 g/mol. The van der Waals surface area contributed by atoms with Crippen molar-refractivity contribution < 1.29 is 15.0 Å². The Balaban J connectivity index is 1.55. The van der Waals surface area contributed by atoms with Crippen molar-refractivity contribution in [3.8, 4) is 0 Å². The SMILES string of the molecule is Cc1cc(C)cc(C(O)CNC(=O)[C@@H]2N[C@@H]3C[C@H]2C[C@H]3O)c1. The van der Waals surface area contributed by atoms with Crippen LogP contribution in [0, 0.1) is 19.8 Å². The minimum absolute atomic E-state index is 0.0464. The van der Waals surface area contributed by atoms with Crippen molar-refractivity contribution in [1.29, 1.82) is 0 Å². The lowest BCUT2D eigenvalue weighted by Crippen LogP contribution is -2.51. The zero-order valence-corrected chi connectivity index (χ0v) is 13.0. The Kier molecular flexibility index (Phi) is 4.21. The van der Waals surface area contributed by atoms with Crippen LogP contribution in [-0.2, 0) is 4.79 Å². The van der Waals surface area contributed by atoms with E-state index in [1.54, 1.807) is 0 Å². The average molecular weight is 304 g/mol. The molecule has 22 heavy (non-hydrogen) atoms. The van der Waals surface area contributed by atoms with Gasteiger partial charge in [0.25, 0.3) is 0 Å². The molecular formula is C17H24N2O3. The number of rotatable bonds is 4. The van der Waals surface area contributed by atoms with E-state index in [0.717, 1.165) is 23.1 Å². The van der Waals surface area contributed by atoms with E-state index in [-0.39, 0.29) is 36.6 Å². The zero-order chi connectivity index (χ0) is 15.9. The lowest BCUT2D eigenvalue weighted by molar-refractivity contribution is -0.125. The van der Waals surface area contributed by atoms with Crippen molar-refractivity contribution in [2.24, 2.45) is 5.92 Å². The summed E-state index contributed by atoms with van der Waals surface area (Å²) in [6.07, 6.45) is 0.524. The first-order valence-electron chi connectivity index (χ1n) is 7.92. The van der Waals surface area contributed by atoms with Crippen LogP contribution in [0.1, 0.15) is 35.6 Å². The average Bonchev–Trinajstić information content (AvgIpc) is 3.02. The Morgan fingerprint density at radius 2 is 2.00 bits per heavy atom. The third-order valence-corrected chi connectivity index (χ3v) is 4.81. The number of aliphatic hydroxyl groups is 2. The molecule has 5 nitrogen and oxygen atoms in total. The first-order chi connectivity index (χ1) is 10.4. The van der Waals surface area contributed by atoms with E-state index >= 15 is 0 Å². The molecule has 1 saturated carbocycles. The Bertz CT molecular complexity index is 553. The highest BCUT2D eigenvalue weighted by Crippen LogP contribution is 2.35. The topological polar surface area (TPSA) is 81.6 Å². The van der Waals surface area contributed by atoms with E-state index in [2.05, 4.69) is 16.7 Å². The fourth-order valence-electron chi connectivity index (χ4n) is 3.79. The van der Waals surface area contributed by atoms with Crippen molar-refractivity contribution in [1.82, 2.24) is 10.6 Å². The standard InChI is InChI=1S/C17H24N2O3/c1-9-3-10(2)5-11(4-9)15(21)8-18-17(22)16-12-6-13(19-16)14(20)7-12/h3-5,12-16,19-21H,6-8H2,1-2H3,(H,18,22)/t12-,13+,14+,15?,16+/m0/s1. The van der Waals surface area contributed by atoms with Crippen LogP contribution in [-0.4, -0.2) is 40.9 Å². The summed E-state index contributed by atoms with van der Waals surface area (Å²) in [5, 5.41) is 26.0. The summed E-state index contributed by atoms with van der Waals surface area (Å²) in [4.78, 5) is 12.2. The molecule has 5 atom stereocenters. The van der Waals surface area contributed by atoms with E-state index in [9.17, 15) is 15.0 Å². The number of amides is 1. The molecule has 120 valence electrons. The number of hydrogen-bond acceptors (Lipinski definition) is 4. The van der Waals surface area contributed by atoms with E-state index in [0.29, 0.717) is 6.42 Å². The second-order valence-electron chi connectivity index (χ2n) is 6.73. The van der Waals surface area contributed by atoms with Crippen molar-refractivity contribution in [2.75, 3.05) is 6.54 Å². The predicted molar refractivity (Wildman–Crippen MR) is 83.3 cm³/mol. The van der Waals surface area contributed by atoms with Crippen LogP contribution >= 0.6 is 0 Å². The minimum atomic E-state index is -0.702. The molecule has 2 bridgehead atoms. The maximum atomic E-state index is 12.2. The second-order valence-corrected chi connectivity index (χ2v) is 6.73. The van der Waals surface area contributed by atoms with Crippen LogP contribution in [0.5, 0.6) is 0 Å². The van der Waals surface area contributed by atoms with Crippen molar-refractivity contribution in [2.45, 2.75) is 51.0 Å². The summed E-state index contributed by atoms with van der Waals surface area (Å²) < 4.78 is 0. The Hall–Kier alpha value is -1.43. The zero-order valence-electron chi connectivity index (χ0n) is 13.0. The maximum absolute atomic E-state index is 12.2. The molecule has 2 fully saturated rings. The summed E-state index contributed by atoms with van der Waals surface area (Å²) in [6.45, 7) is 4.19. The quantitative estimate of drug-likeness (QED) is 0.655. The number of aliphatic hydroxyl groups excluding tert-OH is 2. The molecule has 1 unspecified atom stereocenters. The Labute approximate surface area is 130 Å². The lowest BCUT2D eigenvalue weighted by Gasteiger charge is -2.26. The van der Waals surface area contributed by atoms with Crippen molar-refractivity contribution >= 4 is 5.91 Å². The van der Waals surface area contributed by atoms with Crippen LogP contribution in [0.3, 0.4) is 0 Å². The highest BCUT2D eigenvalue weighted by molar-refractivity contribution is 5.82. The molecule has 1 aromatic carbocycles. The van der Waals surface area contributed by atoms with Gasteiger partial charge in [-0.1, -0.05) is 29.3 Å². The minimum Gasteiger partial charge on any atom is -0.391 e. The third kappa shape index (κ3) is 3.02. The van der Waals surface area contributed by atoms with E-state index in [1.165, 1.54) is 0 Å². The second kappa shape index (κ2) is 5.99. The van der Waals surface area contributed by atoms with Crippen molar-refractivity contribution in [3.05, 3.63) is 34.9 Å². The fraction of sp³-hybridized carbons (Fsp3) is 0.588. The molecule has 0 aromatic heterocycles. The monoisotopic (exact) mass is 304 g/mol. The van der Waals surface area contributed by atoms with Gasteiger partial charge in [-0.05, 0) is 38.2 Å². The van der Waals surface area contributed by atoms with Crippen LogP contribution in [0.15, 0.2) is 18.2 Å². The molecule has 0 spiro atoms. The molecule has 1 amide bonds. The molecule has 0 radical (unpaired) electrons. The van der Waals surface area contributed by atoms with Gasteiger partial charge in [0, 0.05) is 12.6 Å². The Morgan fingerprint density at radius 1 is 1.32 bits per heavy atom. The van der Waals surface area contributed by atoms with E-state index < -0.39 is 6.10 Å². The van der Waals surface area contributed by atoms with Crippen LogP contribution < -0.4 is 10.6 Å². The van der Waals surface area contributed by atoms with Gasteiger partial charge in [0.15, 0.2) is 0 Å². The van der Waals surface area contributed by atoms with Gasteiger partial charge in [0.2, 0.25) is 5.91 Å². The number of aryl methyl sites for hydroxylation is 2. The fourth-order valence-corrected chi connectivity index (χ4v) is 3.79.